The van der Waals surface area contributed by atoms with Crippen LogP contribution in [0.1, 0.15) is 13.3 Å². The average molecular weight is 274 g/mol. The number of fused-ring (bicyclic) bond motifs is 2. The first kappa shape index (κ1) is 12.5. The second-order valence-corrected chi connectivity index (χ2v) is 4.73. The van der Waals surface area contributed by atoms with Gasteiger partial charge in [-0.3, -0.25) is 4.79 Å². The van der Waals surface area contributed by atoms with Gasteiger partial charge in [0.05, 0.1) is 6.42 Å². The van der Waals surface area contributed by atoms with E-state index in [-0.39, 0.29) is 19.3 Å². The van der Waals surface area contributed by atoms with E-state index in [4.69, 9.17) is 14.6 Å². The van der Waals surface area contributed by atoms with Gasteiger partial charge in [-0.2, -0.15) is 0 Å². The second-order valence-electron chi connectivity index (χ2n) is 4.73. The van der Waals surface area contributed by atoms with Gasteiger partial charge in [0.15, 0.2) is 11.5 Å². The Morgan fingerprint density at radius 3 is 2.95 bits per heavy atom. The number of anilines is 1. The summed E-state index contributed by atoms with van der Waals surface area (Å²) < 4.78 is 10.7. The van der Waals surface area contributed by atoms with Crippen LogP contribution < -0.4 is 14.8 Å². The van der Waals surface area contributed by atoms with Crippen molar-refractivity contribution in [1.82, 2.24) is 4.98 Å². The third-order valence-electron chi connectivity index (χ3n) is 3.12. The normalized spacial score (nSPS) is 14.2. The predicted molar refractivity (Wildman–Crippen MR) is 73.2 cm³/mol. The van der Waals surface area contributed by atoms with Gasteiger partial charge in [0, 0.05) is 17.6 Å². The van der Waals surface area contributed by atoms with Crippen LogP contribution in [-0.4, -0.2) is 28.9 Å². The Kier molecular flexibility index (Phi) is 3.06. The summed E-state index contributed by atoms with van der Waals surface area (Å²) >= 11 is 0. The molecule has 6 nitrogen and oxygen atoms in total. The smallest absolute Gasteiger partial charge is 0.305 e. The number of benzene rings is 1. The Morgan fingerprint density at radius 2 is 2.20 bits per heavy atom. The number of carboxylic acid groups (broad SMARTS) is 1. The SMILES string of the molecule is CC(CC(=O)O)Nc1nccc2cc3c(cc12)OCO3. The number of hydrogen-bond acceptors (Lipinski definition) is 5. The molecule has 0 saturated carbocycles. The molecule has 6 heteroatoms. The molecule has 0 fully saturated rings. The van der Waals surface area contributed by atoms with Crippen LogP contribution in [-0.2, 0) is 4.79 Å². The fraction of sp³-hybridized carbons (Fsp3) is 0.286. The van der Waals surface area contributed by atoms with E-state index in [1.165, 1.54) is 0 Å². The highest BCUT2D eigenvalue weighted by molar-refractivity contribution is 5.94. The predicted octanol–water partition coefficient (Wildman–Crippen LogP) is 2.24. The van der Waals surface area contributed by atoms with Crippen molar-refractivity contribution in [3.8, 4) is 11.5 Å². The minimum atomic E-state index is -0.845. The molecular formula is C14H14N2O4. The number of carboxylic acids is 1. The standard InChI is InChI=1S/C14H14N2O4/c1-8(4-13(17)18)16-14-10-6-12-11(19-7-20-12)5-9(10)2-3-15-14/h2-3,5-6,8H,4,7H2,1H3,(H,15,16)(H,17,18). The van der Waals surface area contributed by atoms with Crippen LogP contribution in [0.2, 0.25) is 0 Å². The van der Waals surface area contributed by atoms with Crippen LogP contribution in [0.15, 0.2) is 24.4 Å². The maximum Gasteiger partial charge on any atom is 0.305 e. The Morgan fingerprint density at radius 1 is 1.45 bits per heavy atom. The molecule has 0 aliphatic carbocycles. The number of aromatic nitrogens is 1. The van der Waals surface area contributed by atoms with E-state index >= 15 is 0 Å². The molecule has 20 heavy (non-hydrogen) atoms. The lowest BCUT2D eigenvalue weighted by molar-refractivity contribution is -0.137. The van der Waals surface area contributed by atoms with Crippen LogP contribution in [0.25, 0.3) is 10.8 Å². The molecule has 2 aromatic rings. The van der Waals surface area contributed by atoms with Crippen molar-refractivity contribution >= 4 is 22.6 Å². The number of ether oxygens (including phenoxy) is 2. The van der Waals surface area contributed by atoms with Gasteiger partial charge in [-0.25, -0.2) is 4.98 Å². The monoisotopic (exact) mass is 274 g/mol. The Hall–Kier alpha value is -2.50. The van der Waals surface area contributed by atoms with Crippen molar-refractivity contribution in [2.24, 2.45) is 0 Å². The van der Waals surface area contributed by atoms with E-state index in [2.05, 4.69) is 10.3 Å². The summed E-state index contributed by atoms with van der Waals surface area (Å²) in [5, 5.41) is 13.8. The molecule has 0 saturated heterocycles. The molecule has 1 atom stereocenters. The maximum atomic E-state index is 10.7. The van der Waals surface area contributed by atoms with Gasteiger partial charge in [-0.1, -0.05) is 0 Å². The van der Waals surface area contributed by atoms with Gasteiger partial charge in [0.1, 0.15) is 5.82 Å². The summed E-state index contributed by atoms with van der Waals surface area (Å²) in [4.78, 5) is 15.0. The summed E-state index contributed by atoms with van der Waals surface area (Å²) in [5.74, 6) is 1.20. The zero-order valence-electron chi connectivity index (χ0n) is 10.9. The molecule has 2 N–H and O–H groups in total. The first-order chi connectivity index (χ1) is 9.63. The molecule has 2 heterocycles. The molecule has 0 spiro atoms. The van der Waals surface area contributed by atoms with E-state index in [9.17, 15) is 4.79 Å². The lowest BCUT2D eigenvalue weighted by atomic mass is 10.1. The van der Waals surface area contributed by atoms with Crippen molar-refractivity contribution in [2.45, 2.75) is 19.4 Å². The molecule has 0 radical (unpaired) electrons. The van der Waals surface area contributed by atoms with Gasteiger partial charge < -0.3 is 19.9 Å². The molecule has 3 rings (SSSR count). The van der Waals surface area contributed by atoms with Crippen molar-refractivity contribution < 1.29 is 19.4 Å². The first-order valence-electron chi connectivity index (χ1n) is 6.30. The Labute approximate surface area is 115 Å². The number of pyridine rings is 1. The van der Waals surface area contributed by atoms with Crippen LogP contribution in [0.3, 0.4) is 0 Å². The van der Waals surface area contributed by atoms with Crippen LogP contribution in [0.5, 0.6) is 11.5 Å². The number of carbonyl (C=O) groups is 1. The highest BCUT2D eigenvalue weighted by Crippen LogP contribution is 2.37. The summed E-state index contributed by atoms with van der Waals surface area (Å²) in [7, 11) is 0. The number of aliphatic carboxylic acids is 1. The summed E-state index contributed by atoms with van der Waals surface area (Å²) in [6.07, 6.45) is 1.71. The summed E-state index contributed by atoms with van der Waals surface area (Å²) in [5.41, 5.74) is 0. The van der Waals surface area contributed by atoms with Gasteiger partial charge in [-0.15, -0.1) is 0 Å². The van der Waals surface area contributed by atoms with Gasteiger partial charge in [-0.05, 0) is 30.5 Å². The molecule has 1 aromatic carbocycles. The van der Waals surface area contributed by atoms with Crippen LogP contribution in [0, 0.1) is 0 Å². The number of nitrogens with zero attached hydrogens (tertiary/aromatic N) is 1. The van der Waals surface area contributed by atoms with Gasteiger partial charge >= 0.3 is 5.97 Å². The van der Waals surface area contributed by atoms with Crippen molar-refractivity contribution in [3.05, 3.63) is 24.4 Å². The minimum Gasteiger partial charge on any atom is -0.481 e. The van der Waals surface area contributed by atoms with Crippen molar-refractivity contribution in [1.29, 1.82) is 0 Å². The highest BCUT2D eigenvalue weighted by Gasteiger charge is 2.17. The lowest BCUT2D eigenvalue weighted by Gasteiger charge is -2.14. The van der Waals surface area contributed by atoms with E-state index < -0.39 is 5.97 Å². The number of rotatable bonds is 4. The van der Waals surface area contributed by atoms with Gasteiger partial charge in [0.2, 0.25) is 6.79 Å². The van der Waals surface area contributed by atoms with E-state index in [1.54, 1.807) is 6.20 Å². The second kappa shape index (κ2) is 4.88. The summed E-state index contributed by atoms with van der Waals surface area (Å²) in [6, 6.07) is 5.42. The maximum absolute atomic E-state index is 10.7. The Balaban J connectivity index is 1.96. The first-order valence-corrected chi connectivity index (χ1v) is 6.30. The third kappa shape index (κ3) is 2.32. The van der Waals surface area contributed by atoms with Crippen molar-refractivity contribution in [3.63, 3.8) is 0 Å². The minimum absolute atomic E-state index is 0.0304. The molecule has 0 bridgehead atoms. The van der Waals surface area contributed by atoms with Crippen LogP contribution in [0.4, 0.5) is 5.82 Å². The highest BCUT2D eigenvalue weighted by atomic mass is 16.7. The number of hydrogen-bond donors (Lipinski definition) is 2. The Bertz CT molecular complexity index is 672. The van der Waals surface area contributed by atoms with Crippen LogP contribution >= 0.6 is 0 Å². The number of nitrogens with one attached hydrogen (secondary N) is 1. The van der Waals surface area contributed by atoms with Crippen molar-refractivity contribution in [2.75, 3.05) is 12.1 Å². The van der Waals surface area contributed by atoms with E-state index in [0.717, 1.165) is 10.8 Å². The summed E-state index contributed by atoms with van der Waals surface area (Å²) in [6.45, 7) is 2.03. The molecular weight excluding hydrogens is 260 g/mol. The fourth-order valence-corrected chi connectivity index (χ4v) is 2.22. The topological polar surface area (TPSA) is 80.7 Å². The molecule has 1 aliphatic rings. The largest absolute Gasteiger partial charge is 0.481 e. The molecule has 1 unspecified atom stereocenters. The van der Waals surface area contributed by atoms with Gasteiger partial charge in [0.25, 0.3) is 0 Å². The molecule has 1 aliphatic heterocycles. The van der Waals surface area contributed by atoms with E-state index in [1.807, 2.05) is 25.1 Å². The third-order valence-corrected chi connectivity index (χ3v) is 3.12. The zero-order valence-corrected chi connectivity index (χ0v) is 10.9. The zero-order chi connectivity index (χ0) is 14.1. The molecule has 104 valence electrons. The lowest BCUT2D eigenvalue weighted by Crippen LogP contribution is -2.20. The fourth-order valence-electron chi connectivity index (χ4n) is 2.22. The molecule has 1 aromatic heterocycles. The quantitative estimate of drug-likeness (QED) is 0.890. The van der Waals surface area contributed by atoms with E-state index in [0.29, 0.717) is 17.3 Å². The molecule has 0 amide bonds. The average Bonchev–Trinajstić information content (AvgIpc) is 2.82.